The lowest BCUT2D eigenvalue weighted by Gasteiger charge is -2.31. The highest BCUT2D eigenvalue weighted by molar-refractivity contribution is 14.1. The standard InChI is InChI=1S/C14H24IN3O2S/c1-4-12-14(15)13(5-2)18(16-12)10-11-7-6-8-17(9-11)21(3,19)20/h11H,4-10H2,1-3H3. The van der Waals surface area contributed by atoms with Crippen LogP contribution in [-0.4, -0.2) is 41.8 Å². The van der Waals surface area contributed by atoms with E-state index in [-0.39, 0.29) is 0 Å². The van der Waals surface area contributed by atoms with Gasteiger partial charge in [-0.05, 0) is 54.2 Å². The van der Waals surface area contributed by atoms with Gasteiger partial charge in [-0.2, -0.15) is 5.10 Å². The summed E-state index contributed by atoms with van der Waals surface area (Å²) in [6.07, 6.45) is 5.23. The summed E-state index contributed by atoms with van der Waals surface area (Å²) in [5.74, 6) is 0.360. The van der Waals surface area contributed by atoms with Gasteiger partial charge in [-0.1, -0.05) is 13.8 Å². The van der Waals surface area contributed by atoms with Gasteiger partial charge in [0.05, 0.1) is 21.2 Å². The van der Waals surface area contributed by atoms with Crippen molar-refractivity contribution < 1.29 is 8.42 Å². The Morgan fingerprint density at radius 1 is 1.33 bits per heavy atom. The fourth-order valence-electron chi connectivity index (χ4n) is 2.97. The maximum absolute atomic E-state index is 11.7. The number of halogens is 1. The van der Waals surface area contributed by atoms with Crippen LogP contribution in [0.1, 0.15) is 38.1 Å². The summed E-state index contributed by atoms with van der Waals surface area (Å²) in [6, 6.07) is 0. The van der Waals surface area contributed by atoms with Gasteiger partial charge < -0.3 is 0 Å². The average Bonchev–Trinajstić information content (AvgIpc) is 2.73. The first kappa shape index (κ1) is 17.2. The van der Waals surface area contributed by atoms with Crippen LogP contribution in [0.3, 0.4) is 0 Å². The maximum Gasteiger partial charge on any atom is 0.211 e. The summed E-state index contributed by atoms with van der Waals surface area (Å²) in [5, 5.41) is 4.72. The smallest absolute Gasteiger partial charge is 0.211 e. The highest BCUT2D eigenvalue weighted by atomic mass is 127. The SMILES string of the molecule is CCc1nn(CC2CCCN(S(C)(=O)=O)C2)c(CC)c1I. The number of aryl methyl sites for hydroxylation is 1. The van der Waals surface area contributed by atoms with Crippen LogP contribution < -0.4 is 0 Å². The molecule has 5 nitrogen and oxygen atoms in total. The zero-order valence-electron chi connectivity index (χ0n) is 13.0. The molecule has 0 radical (unpaired) electrons. The number of sulfonamides is 1. The first-order valence-electron chi connectivity index (χ1n) is 7.56. The van der Waals surface area contributed by atoms with E-state index in [1.807, 2.05) is 0 Å². The summed E-state index contributed by atoms with van der Waals surface area (Å²) < 4.78 is 28.4. The summed E-state index contributed by atoms with van der Waals surface area (Å²) in [6.45, 7) is 6.39. The number of rotatable bonds is 5. The first-order valence-corrected chi connectivity index (χ1v) is 10.5. The molecule has 0 spiro atoms. The van der Waals surface area contributed by atoms with E-state index in [1.54, 1.807) is 4.31 Å². The van der Waals surface area contributed by atoms with Gasteiger partial charge in [0, 0.05) is 19.6 Å². The van der Waals surface area contributed by atoms with Crippen molar-refractivity contribution in [2.75, 3.05) is 19.3 Å². The molecule has 0 aliphatic carbocycles. The van der Waals surface area contributed by atoms with Crippen LogP contribution in [0.5, 0.6) is 0 Å². The van der Waals surface area contributed by atoms with Gasteiger partial charge in [0.1, 0.15) is 0 Å². The number of hydrogen-bond acceptors (Lipinski definition) is 3. The second-order valence-corrected chi connectivity index (χ2v) is 8.79. The van der Waals surface area contributed by atoms with Crippen LogP contribution in [0.25, 0.3) is 0 Å². The molecule has 1 aromatic heterocycles. The van der Waals surface area contributed by atoms with Crippen LogP contribution in [0, 0.1) is 9.49 Å². The number of aromatic nitrogens is 2. The Bertz CT molecular complexity index is 598. The lowest BCUT2D eigenvalue weighted by atomic mass is 10.00. The molecular formula is C14H24IN3O2S. The van der Waals surface area contributed by atoms with Crippen LogP contribution in [0.2, 0.25) is 0 Å². The van der Waals surface area contributed by atoms with Crippen molar-refractivity contribution in [1.82, 2.24) is 14.1 Å². The van der Waals surface area contributed by atoms with Crippen molar-refractivity contribution in [3.63, 3.8) is 0 Å². The van der Waals surface area contributed by atoms with Crippen molar-refractivity contribution in [1.29, 1.82) is 0 Å². The van der Waals surface area contributed by atoms with E-state index in [0.717, 1.165) is 37.9 Å². The Labute approximate surface area is 141 Å². The summed E-state index contributed by atoms with van der Waals surface area (Å²) in [7, 11) is -3.07. The zero-order valence-corrected chi connectivity index (χ0v) is 15.9. The third kappa shape index (κ3) is 3.98. The van der Waals surface area contributed by atoms with Crippen molar-refractivity contribution >= 4 is 32.6 Å². The lowest BCUT2D eigenvalue weighted by Crippen LogP contribution is -2.40. The molecule has 1 atom stereocenters. The van der Waals surface area contributed by atoms with Gasteiger partial charge >= 0.3 is 0 Å². The van der Waals surface area contributed by atoms with E-state index in [1.165, 1.54) is 15.5 Å². The number of piperidine rings is 1. The minimum Gasteiger partial charge on any atom is -0.268 e. The highest BCUT2D eigenvalue weighted by Gasteiger charge is 2.27. The van der Waals surface area contributed by atoms with E-state index in [4.69, 9.17) is 5.10 Å². The first-order chi connectivity index (χ1) is 9.86. The van der Waals surface area contributed by atoms with Crippen molar-refractivity contribution in [3.8, 4) is 0 Å². The van der Waals surface area contributed by atoms with Crippen LogP contribution in [-0.2, 0) is 29.4 Å². The molecule has 0 bridgehead atoms. The lowest BCUT2D eigenvalue weighted by molar-refractivity contribution is 0.239. The Balaban J connectivity index is 2.15. The van der Waals surface area contributed by atoms with Gasteiger partial charge in [-0.15, -0.1) is 0 Å². The van der Waals surface area contributed by atoms with Gasteiger partial charge in [0.25, 0.3) is 0 Å². The van der Waals surface area contributed by atoms with E-state index >= 15 is 0 Å². The Kier molecular flexibility index (Phi) is 5.70. The monoisotopic (exact) mass is 425 g/mol. The molecular weight excluding hydrogens is 401 g/mol. The Hall–Kier alpha value is -0.150. The van der Waals surface area contributed by atoms with Gasteiger partial charge in [-0.3, -0.25) is 4.68 Å². The van der Waals surface area contributed by atoms with Crippen molar-refractivity contribution in [3.05, 3.63) is 15.0 Å². The molecule has 1 aromatic rings. The number of nitrogens with zero attached hydrogens (tertiary/aromatic N) is 3. The molecule has 1 unspecified atom stereocenters. The predicted octanol–water partition coefficient (Wildman–Crippen LogP) is 2.28. The minimum absolute atomic E-state index is 0.360. The molecule has 1 saturated heterocycles. The fraction of sp³-hybridized carbons (Fsp3) is 0.786. The zero-order chi connectivity index (χ0) is 15.6. The molecule has 7 heteroatoms. The van der Waals surface area contributed by atoms with Gasteiger partial charge in [0.15, 0.2) is 0 Å². The highest BCUT2D eigenvalue weighted by Crippen LogP contribution is 2.24. The summed E-state index contributed by atoms with van der Waals surface area (Å²) in [4.78, 5) is 0. The average molecular weight is 425 g/mol. The molecule has 1 fully saturated rings. The largest absolute Gasteiger partial charge is 0.268 e. The quantitative estimate of drug-likeness (QED) is 0.681. The molecule has 2 heterocycles. The van der Waals surface area contributed by atoms with E-state index in [0.29, 0.717) is 19.0 Å². The molecule has 2 rings (SSSR count). The van der Waals surface area contributed by atoms with Crippen LogP contribution >= 0.6 is 22.6 Å². The van der Waals surface area contributed by atoms with Crippen molar-refractivity contribution in [2.45, 2.75) is 46.1 Å². The molecule has 120 valence electrons. The van der Waals surface area contributed by atoms with E-state index < -0.39 is 10.0 Å². The van der Waals surface area contributed by atoms with Crippen LogP contribution in [0.4, 0.5) is 0 Å². The predicted molar refractivity (Wildman–Crippen MR) is 92.8 cm³/mol. The molecule has 1 aliphatic rings. The molecule has 0 amide bonds. The second-order valence-electron chi connectivity index (χ2n) is 5.73. The molecule has 1 aliphatic heterocycles. The molecule has 0 N–H and O–H groups in total. The van der Waals surface area contributed by atoms with Crippen molar-refractivity contribution in [2.24, 2.45) is 5.92 Å². The van der Waals surface area contributed by atoms with Gasteiger partial charge in [0.2, 0.25) is 10.0 Å². The summed E-state index contributed by atoms with van der Waals surface area (Å²) in [5.41, 5.74) is 2.44. The topological polar surface area (TPSA) is 55.2 Å². The number of hydrogen-bond donors (Lipinski definition) is 0. The normalized spacial score (nSPS) is 20.9. The van der Waals surface area contributed by atoms with E-state index in [2.05, 4.69) is 41.1 Å². The molecule has 0 saturated carbocycles. The minimum atomic E-state index is -3.07. The van der Waals surface area contributed by atoms with E-state index in [9.17, 15) is 8.42 Å². The second kappa shape index (κ2) is 6.95. The summed E-state index contributed by atoms with van der Waals surface area (Å²) >= 11 is 2.38. The third-order valence-corrected chi connectivity index (χ3v) is 6.63. The fourth-order valence-corrected chi connectivity index (χ4v) is 5.06. The van der Waals surface area contributed by atoms with Gasteiger partial charge in [-0.25, -0.2) is 12.7 Å². The Morgan fingerprint density at radius 3 is 2.62 bits per heavy atom. The molecule has 21 heavy (non-hydrogen) atoms. The van der Waals surface area contributed by atoms with Crippen LogP contribution in [0.15, 0.2) is 0 Å². The maximum atomic E-state index is 11.7. The molecule has 0 aromatic carbocycles. The Morgan fingerprint density at radius 2 is 2.05 bits per heavy atom. The third-order valence-electron chi connectivity index (χ3n) is 4.11.